The van der Waals surface area contributed by atoms with Gasteiger partial charge in [0.15, 0.2) is 0 Å². The molecule has 1 unspecified atom stereocenters. The fraction of sp³-hybridized carbons (Fsp3) is 0.462. The number of carbonyl (C=O) groups is 1. The van der Waals surface area contributed by atoms with Crippen molar-refractivity contribution in [2.75, 3.05) is 19.8 Å². The summed E-state index contributed by atoms with van der Waals surface area (Å²) in [4.78, 5) is 11.4. The van der Waals surface area contributed by atoms with Crippen LogP contribution < -0.4 is 5.32 Å². The van der Waals surface area contributed by atoms with E-state index < -0.39 is 13.0 Å². The summed E-state index contributed by atoms with van der Waals surface area (Å²) in [5.41, 5.74) is 0.915. The molecule has 6 heteroatoms. The minimum absolute atomic E-state index is 0.0194. The Kier molecular flexibility index (Phi) is 7.36. The number of nitrogens with one attached hydrogen (secondary N) is 1. The van der Waals surface area contributed by atoms with Gasteiger partial charge in [-0.2, -0.15) is 0 Å². The summed E-state index contributed by atoms with van der Waals surface area (Å²) in [6.45, 7) is -0.372. The van der Waals surface area contributed by atoms with Crippen molar-refractivity contribution in [3.63, 3.8) is 0 Å². The average Bonchev–Trinajstić information content (AvgIpc) is 2.41. The van der Waals surface area contributed by atoms with Crippen LogP contribution in [0.2, 0.25) is 0 Å². The van der Waals surface area contributed by atoms with E-state index in [1.807, 2.05) is 30.3 Å². The molecule has 0 saturated carbocycles. The number of ether oxygens (including phenoxy) is 1. The van der Waals surface area contributed by atoms with Crippen molar-refractivity contribution in [1.29, 1.82) is 0 Å². The fourth-order valence-corrected chi connectivity index (χ4v) is 1.63. The highest BCUT2D eigenvalue weighted by Crippen LogP contribution is 2.18. The van der Waals surface area contributed by atoms with Gasteiger partial charge in [0, 0.05) is 13.0 Å². The number of amides is 1. The van der Waals surface area contributed by atoms with Crippen LogP contribution in [-0.2, 0) is 9.53 Å². The highest BCUT2D eigenvalue weighted by atomic mass is 35.5. The molecular weight excluding hydrogens is 276 g/mol. The first kappa shape index (κ1) is 15.9. The second-order valence-electron chi connectivity index (χ2n) is 3.90. The van der Waals surface area contributed by atoms with Crippen LogP contribution in [0.1, 0.15) is 17.4 Å². The van der Waals surface area contributed by atoms with Gasteiger partial charge in [0.1, 0.15) is 6.61 Å². The van der Waals surface area contributed by atoms with Gasteiger partial charge < -0.3 is 10.1 Å². The molecule has 0 aromatic heterocycles. The number of hydrogen-bond acceptors (Lipinski definition) is 2. The van der Waals surface area contributed by atoms with Gasteiger partial charge >= 0.3 is 0 Å². The Morgan fingerprint density at radius 1 is 1.32 bits per heavy atom. The molecule has 0 aliphatic carbocycles. The van der Waals surface area contributed by atoms with E-state index in [0.717, 1.165) is 5.56 Å². The Labute approximate surface area is 115 Å². The molecule has 0 spiro atoms. The monoisotopic (exact) mass is 291 g/mol. The lowest BCUT2D eigenvalue weighted by Gasteiger charge is -2.11. The molecular formula is C13H16ClF2NO2. The molecule has 106 valence electrons. The lowest BCUT2D eigenvalue weighted by atomic mass is 10.1. The summed E-state index contributed by atoms with van der Waals surface area (Å²) in [7, 11) is 0. The molecule has 0 aliphatic heterocycles. The van der Waals surface area contributed by atoms with Crippen molar-refractivity contribution >= 4 is 17.5 Å². The van der Waals surface area contributed by atoms with Crippen LogP contribution in [0.4, 0.5) is 8.78 Å². The predicted molar refractivity (Wildman–Crippen MR) is 69.5 cm³/mol. The quantitative estimate of drug-likeness (QED) is 0.591. The summed E-state index contributed by atoms with van der Waals surface area (Å²) < 4.78 is 28.1. The van der Waals surface area contributed by atoms with Crippen LogP contribution in [0.25, 0.3) is 0 Å². The van der Waals surface area contributed by atoms with Gasteiger partial charge in [-0.3, -0.25) is 4.79 Å². The number of benzene rings is 1. The lowest BCUT2D eigenvalue weighted by Crippen LogP contribution is -2.27. The number of alkyl halides is 3. The zero-order valence-electron chi connectivity index (χ0n) is 10.3. The standard InChI is InChI=1S/C13H16ClF2NO2/c14-11(10-4-2-1-3-5-10)8-17-13(18)6-7-19-9-12(15)16/h1-5,11-12H,6-9H2,(H,17,18). The van der Waals surface area contributed by atoms with Gasteiger partial charge in [0.25, 0.3) is 6.43 Å². The Bertz CT molecular complexity index is 376. The molecule has 0 fully saturated rings. The van der Waals surface area contributed by atoms with E-state index in [1.165, 1.54) is 0 Å². The molecule has 1 atom stereocenters. The van der Waals surface area contributed by atoms with E-state index >= 15 is 0 Å². The zero-order valence-corrected chi connectivity index (χ0v) is 11.1. The average molecular weight is 292 g/mol. The van der Waals surface area contributed by atoms with Crippen molar-refractivity contribution < 1.29 is 18.3 Å². The van der Waals surface area contributed by atoms with Crippen molar-refractivity contribution in [2.45, 2.75) is 18.2 Å². The Hall–Kier alpha value is -1.20. The first-order chi connectivity index (χ1) is 9.09. The van der Waals surface area contributed by atoms with Gasteiger partial charge in [0.2, 0.25) is 5.91 Å². The molecule has 0 radical (unpaired) electrons. The minimum Gasteiger partial charge on any atom is -0.375 e. The second kappa shape index (κ2) is 8.82. The Balaban J connectivity index is 2.16. The molecule has 1 amide bonds. The van der Waals surface area contributed by atoms with E-state index in [2.05, 4.69) is 10.1 Å². The Morgan fingerprint density at radius 2 is 2.00 bits per heavy atom. The molecule has 0 bridgehead atoms. The maximum Gasteiger partial charge on any atom is 0.261 e. The number of carbonyl (C=O) groups excluding carboxylic acids is 1. The van der Waals surface area contributed by atoms with Crippen LogP contribution >= 0.6 is 11.6 Å². The van der Waals surface area contributed by atoms with Crippen molar-refractivity contribution in [3.8, 4) is 0 Å². The van der Waals surface area contributed by atoms with E-state index in [0.29, 0.717) is 6.54 Å². The summed E-state index contributed by atoms with van der Waals surface area (Å²) in [6.07, 6.45) is -2.46. The van der Waals surface area contributed by atoms with Gasteiger partial charge in [-0.1, -0.05) is 30.3 Å². The second-order valence-corrected chi connectivity index (χ2v) is 4.43. The van der Waals surface area contributed by atoms with E-state index in [1.54, 1.807) is 0 Å². The molecule has 1 rings (SSSR count). The van der Waals surface area contributed by atoms with Crippen molar-refractivity contribution in [1.82, 2.24) is 5.32 Å². The van der Waals surface area contributed by atoms with Crippen LogP contribution in [0.15, 0.2) is 30.3 Å². The molecule has 1 N–H and O–H groups in total. The van der Waals surface area contributed by atoms with E-state index in [-0.39, 0.29) is 24.3 Å². The normalized spacial score (nSPS) is 12.4. The van der Waals surface area contributed by atoms with Gasteiger partial charge in [0.05, 0.1) is 12.0 Å². The highest BCUT2D eigenvalue weighted by molar-refractivity contribution is 6.21. The maximum absolute atomic E-state index is 11.8. The third-order valence-electron chi connectivity index (χ3n) is 2.36. The topological polar surface area (TPSA) is 38.3 Å². The lowest BCUT2D eigenvalue weighted by molar-refractivity contribution is -0.122. The van der Waals surface area contributed by atoms with Gasteiger partial charge in [-0.25, -0.2) is 8.78 Å². The zero-order chi connectivity index (χ0) is 14.1. The first-order valence-electron chi connectivity index (χ1n) is 5.91. The smallest absolute Gasteiger partial charge is 0.261 e. The maximum atomic E-state index is 11.8. The van der Waals surface area contributed by atoms with Crippen molar-refractivity contribution in [3.05, 3.63) is 35.9 Å². The molecule has 0 heterocycles. The summed E-state index contributed by atoms with van der Waals surface area (Å²) in [5.74, 6) is -0.268. The first-order valence-corrected chi connectivity index (χ1v) is 6.35. The van der Waals surface area contributed by atoms with Crippen LogP contribution in [0, 0.1) is 0 Å². The molecule has 1 aromatic rings. The summed E-state index contributed by atoms with van der Waals surface area (Å²) >= 11 is 6.11. The summed E-state index contributed by atoms with van der Waals surface area (Å²) in [6, 6.07) is 9.35. The van der Waals surface area contributed by atoms with Gasteiger partial charge in [-0.05, 0) is 5.56 Å². The third-order valence-corrected chi connectivity index (χ3v) is 2.76. The SMILES string of the molecule is O=C(CCOCC(F)F)NCC(Cl)c1ccccc1. The van der Waals surface area contributed by atoms with Gasteiger partial charge in [-0.15, -0.1) is 11.6 Å². The summed E-state index contributed by atoms with van der Waals surface area (Å²) in [5, 5.41) is 2.32. The van der Waals surface area contributed by atoms with Crippen LogP contribution in [-0.4, -0.2) is 32.1 Å². The highest BCUT2D eigenvalue weighted by Gasteiger charge is 2.09. The third kappa shape index (κ3) is 7.08. The fourth-order valence-electron chi connectivity index (χ4n) is 1.41. The van der Waals surface area contributed by atoms with Crippen LogP contribution in [0.5, 0.6) is 0 Å². The number of rotatable bonds is 8. The predicted octanol–water partition coefficient (Wildman–Crippen LogP) is 2.75. The molecule has 0 aliphatic rings. The van der Waals surface area contributed by atoms with E-state index in [4.69, 9.17) is 11.6 Å². The Morgan fingerprint density at radius 3 is 2.63 bits per heavy atom. The minimum atomic E-state index is -2.51. The van der Waals surface area contributed by atoms with E-state index in [9.17, 15) is 13.6 Å². The molecule has 1 aromatic carbocycles. The molecule has 3 nitrogen and oxygen atoms in total. The number of hydrogen-bond donors (Lipinski definition) is 1. The molecule has 0 saturated heterocycles. The largest absolute Gasteiger partial charge is 0.375 e. The van der Waals surface area contributed by atoms with Crippen LogP contribution in [0.3, 0.4) is 0 Å². The number of halogens is 3. The molecule has 19 heavy (non-hydrogen) atoms. The van der Waals surface area contributed by atoms with Crippen molar-refractivity contribution in [2.24, 2.45) is 0 Å².